The maximum Gasteiger partial charge on any atom is 0.259 e. The molecule has 22 heavy (non-hydrogen) atoms. The number of aliphatic hydroxyl groups is 3. The first kappa shape index (κ1) is 14.7. The normalized spacial score (nSPS) is 28.4. The molecule has 2 aromatic heterocycles. The second kappa shape index (κ2) is 5.21. The summed E-state index contributed by atoms with van der Waals surface area (Å²) in [4.78, 5) is 13.0. The Morgan fingerprint density at radius 1 is 1.45 bits per heavy atom. The lowest BCUT2D eigenvalue weighted by Crippen LogP contribution is -2.34. The Morgan fingerprint density at radius 3 is 2.77 bits per heavy atom. The minimum atomic E-state index is -1.29. The zero-order valence-corrected chi connectivity index (χ0v) is 11.6. The maximum atomic E-state index is 10.1. The first-order valence-electron chi connectivity index (χ1n) is 6.46. The second-order valence-electron chi connectivity index (χ2n) is 4.85. The molecule has 3 heterocycles. The van der Waals surface area contributed by atoms with E-state index in [0.717, 1.165) is 4.73 Å². The summed E-state index contributed by atoms with van der Waals surface area (Å²) in [6.07, 6.45) is -3.15. The van der Waals surface area contributed by atoms with E-state index in [1.165, 1.54) is 18.0 Å². The number of aromatic nitrogens is 4. The van der Waals surface area contributed by atoms with Crippen LogP contribution in [0.3, 0.4) is 0 Å². The van der Waals surface area contributed by atoms with E-state index in [0.29, 0.717) is 0 Å². The topological polar surface area (TPSA) is 165 Å². The van der Waals surface area contributed by atoms with Crippen molar-refractivity contribution in [2.45, 2.75) is 24.5 Å². The van der Waals surface area contributed by atoms with Gasteiger partial charge in [-0.15, -0.1) is 4.73 Å². The molecule has 11 nitrogen and oxygen atoms in total. The van der Waals surface area contributed by atoms with Gasteiger partial charge in [-0.1, -0.05) is 0 Å². The highest BCUT2D eigenvalue weighted by Crippen LogP contribution is 2.31. The van der Waals surface area contributed by atoms with E-state index in [1.807, 2.05) is 0 Å². The van der Waals surface area contributed by atoms with Gasteiger partial charge >= 0.3 is 0 Å². The number of nitrogen functional groups attached to an aromatic ring is 1. The van der Waals surface area contributed by atoms with E-state index >= 15 is 0 Å². The fourth-order valence-corrected chi connectivity index (χ4v) is 2.52. The van der Waals surface area contributed by atoms with Gasteiger partial charge in [0.1, 0.15) is 25.4 Å². The third-order valence-electron chi connectivity index (χ3n) is 3.60. The van der Waals surface area contributed by atoms with Crippen LogP contribution >= 0.6 is 0 Å². The van der Waals surface area contributed by atoms with Crippen molar-refractivity contribution in [2.75, 3.05) is 19.5 Å². The monoisotopic (exact) mass is 312 g/mol. The molecule has 4 atom stereocenters. The molecule has 0 radical (unpaired) electrons. The lowest BCUT2D eigenvalue weighted by molar-refractivity contribution is -0.0521. The van der Waals surface area contributed by atoms with Crippen LogP contribution < -0.4 is 16.2 Å². The van der Waals surface area contributed by atoms with Gasteiger partial charge in [-0.2, -0.15) is 4.98 Å². The van der Waals surface area contributed by atoms with Gasteiger partial charge in [-0.25, -0.2) is 4.98 Å². The van der Waals surface area contributed by atoms with E-state index in [9.17, 15) is 10.2 Å². The predicted octanol–water partition coefficient (Wildman–Crippen LogP) is -3.04. The summed E-state index contributed by atoms with van der Waals surface area (Å²) in [6, 6.07) is 0. The molecular formula is C11H16N6O5. The Balaban J connectivity index is 2.18. The van der Waals surface area contributed by atoms with Gasteiger partial charge in [-0.3, -0.25) is 9.98 Å². The van der Waals surface area contributed by atoms with Crippen LogP contribution in [0.4, 0.5) is 5.82 Å². The molecule has 0 spiro atoms. The van der Waals surface area contributed by atoms with E-state index in [-0.39, 0.29) is 22.6 Å². The largest absolute Gasteiger partial charge is 0.412 e. The SMILES string of the molecule is COn1c(=N)nc(N)c2ncn([C@@H]3O[C@H](CO)[C@@H](O)[C@H]3O)c21. The molecule has 6 N–H and O–H groups in total. The number of imidazole rings is 1. The van der Waals surface area contributed by atoms with Crippen molar-refractivity contribution in [3.63, 3.8) is 0 Å². The molecule has 0 amide bonds. The van der Waals surface area contributed by atoms with Gasteiger partial charge < -0.3 is 30.6 Å². The molecule has 120 valence electrons. The molecule has 1 aliphatic heterocycles. The molecule has 0 aliphatic carbocycles. The highest BCUT2D eigenvalue weighted by Gasteiger charge is 2.44. The number of nitrogens with two attached hydrogens (primary N) is 1. The van der Waals surface area contributed by atoms with E-state index in [1.54, 1.807) is 0 Å². The van der Waals surface area contributed by atoms with Crippen LogP contribution in [0.5, 0.6) is 0 Å². The Kier molecular flexibility index (Phi) is 3.48. The van der Waals surface area contributed by atoms with Crippen LogP contribution in [-0.4, -0.2) is 66.6 Å². The molecule has 0 saturated carbocycles. The molecule has 1 saturated heterocycles. The van der Waals surface area contributed by atoms with Crippen molar-refractivity contribution in [3.8, 4) is 0 Å². The van der Waals surface area contributed by atoms with Crippen molar-refractivity contribution >= 4 is 17.0 Å². The number of aliphatic hydroxyl groups excluding tert-OH is 3. The quantitative estimate of drug-likeness (QED) is 0.399. The van der Waals surface area contributed by atoms with Gasteiger partial charge in [0.25, 0.3) is 5.62 Å². The van der Waals surface area contributed by atoms with Crippen LogP contribution in [0.1, 0.15) is 6.23 Å². The van der Waals surface area contributed by atoms with Crippen molar-refractivity contribution in [1.82, 2.24) is 19.3 Å². The smallest absolute Gasteiger partial charge is 0.259 e. The zero-order chi connectivity index (χ0) is 16.0. The van der Waals surface area contributed by atoms with Gasteiger partial charge in [0.05, 0.1) is 12.9 Å². The van der Waals surface area contributed by atoms with Crippen LogP contribution in [0.15, 0.2) is 6.33 Å². The summed E-state index contributed by atoms with van der Waals surface area (Å²) in [6.45, 7) is -0.445. The number of fused-ring (bicyclic) bond motifs is 1. The highest BCUT2D eigenvalue weighted by atomic mass is 16.6. The number of hydrogen-bond donors (Lipinski definition) is 5. The number of hydrogen-bond acceptors (Lipinski definition) is 9. The number of nitrogens with zero attached hydrogens (tertiary/aromatic N) is 4. The van der Waals surface area contributed by atoms with Gasteiger partial charge in [0.2, 0.25) is 0 Å². The molecule has 3 rings (SSSR count). The Labute approximate surface area is 123 Å². The fourth-order valence-electron chi connectivity index (χ4n) is 2.52. The predicted molar refractivity (Wildman–Crippen MR) is 71.3 cm³/mol. The van der Waals surface area contributed by atoms with E-state index in [4.69, 9.17) is 25.8 Å². The number of rotatable bonds is 3. The number of ether oxygens (including phenoxy) is 1. The highest BCUT2D eigenvalue weighted by molar-refractivity contribution is 5.81. The first-order valence-corrected chi connectivity index (χ1v) is 6.46. The lowest BCUT2D eigenvalue weighted by Gasteiger charge is -2.18. The minimum absolute atomic E-state index is 0.0267. The Morgan fingerprint density at radius 2 is 2.18 bits per heavy atom. The minimum Gasteiger partial charge on any atom is -0.412 e. The zero-order valence-electron chi connectivity index (χ0n) is 11.6. The van der Waals surface area contributed by atoms with Crippen molar-refractivity contribution < 1.29 is 24.9 Å². The average Bonchev–Trinajstić information content (AvgIpc) is 3.03. The summed E-state index contributed by atoms with van der Waals surface area (Å²) >= 11 is 0. The van der Waals surface area contributed by atoms with Crippen LogP contribution in [0, 0.1) is 5.41 Å². The van der Waals surface area contributed by atoms with E-state index < -0.39 is 31.1 Å². The van der Waals surface area contributed by atoms with Crippen LogP contribution in [0.2, 0.25) is 0 Å². The summed E-state index contributed by atoms with van der Waals surface area (Å²) < 4.78 is 7.88. The van der Waals surface area contributed by atoms with E-state index in [2.05, 4.69) is 9.97 Å². The maximum absolute atomic E-state index is 10.1. The summed E-state index contributed by atoms with van der Waals surface area (Å²) in [5.41, 5.74) is 5.98. The molecule has 0 aromatic carbocycles. The summed E-state index contributed by atoms with van der Waals surface area (Å²) in [5.74, 6) is 0.0267. The number of anilines is 1. The van der Waals surface area contributed by atoms with Gasteiger partial charge in [0.15, 0.2) is 23.2 Å². The molecule has 1 fully saturated rings. The van der Waals surface area contributed by atoms with Crippen molar-refractivity contribution in [1.29, 1.82) is 5.41 Å². The fraction of sp³-hybridized carbons (Fsp3) is 0.545. The molecule has 1 aliphatic rings. The summed E-state index contributed by atoms with van der Waals surface area (Å²) in [5, 5.41) is 36.9. The summed E-state index contributed by atoms with van der Waals surface area (Å²) in [7, 11) is 1.34. The third-order valence-corrected chi connectivity index (χ3v) is 3.60. The Hall–Kier alpha value is -2.21. The van der Waals surface area contributed by atoms with Crippen LogP contribution in [-0.2, 0) is 4.74 Å². The van der Waals surface area contributed by atoms with Gasteiger partial charge in [-0.05, 0) is 0 Å². The van der Waals surface area contributed by atoms with Gasteiger partial charge in [0, 0.05) is 0 Å². The number of nitrogens with one attached hydrogen (secondary N) is 1. The molecule has 2 aromatic rings. The second-order valence-corrected chi connectivity index (χ2v) is 4.85. The molecular weight excluding hydrogens is 296 g/mol. The van der Waals surface area contributed by atoms with Crippen molar-refractivity contribution in [3.05, 3.63) is 11.9 Å². The average molecular weight is 312 g/mol. The van der Waals surface area contributed by atoms with Crippen LogP contribution in [0.25, 0.3) is 11.2 Å². The van der Waals surface area contributed by atoms with Crippen molar-refractivity contribution in [2.24, 2.45) is 0 Å². The molecule has 0 unspecified atom stereocenters. The standard InChI is InChI=1S/C11H16N6O5/c1-21-17-9-5(8(12)15-11(17)13)14-3-16(9)10-7(20)6(19)4(2-18)22-10/h3-4,6-7,10,18-20H,2H2,1H3,(H3,12,13,15)/t4-,6-,7-,10-/m1/s1. The first-order chi connectivity index (χ1) is 10.5. The molecule has 11 heteroatoms. The Bertz CT molecular complexity index is 757. The lowest BCUT2D eigenvalue weighted by atomic mass is 10.1. The molecule has 0 bridgehead atoms. The third kappa shape index (κ3) is 1.94.